The number of aromatic nitrogens is 3. The number of carbonyl (C=O) groups is 3. The lowest BCUT2D eigenvalue weighted by atomic mass is 10.4. The van der Waals surface area contributed by atoms with Crippen LogP contribution in [0.3, 0.4) is 0 Å². The van der Waals surface area contributed by atoms with E-state index in [2.05, 4.69) is 20.1 Å². The SMILES string of the molecule is COC(=O)c1ccnnn1.O=CO.O=CO. The molecule has 1 aromatic rings. The summed E-state index contributed by atoms with van der Waals surface area (Å²) in [4.78, 5) is 27.4. The summed E-state index contributed by atoms with van der Waals surface area (Å²) in [5, 5.41) is 23.8. The number of esters is 1. The minimum absolute atomic E-state index is 0.164. The van der Waals surface area contributed by atoms with Gasteiger partial charge >= 0.3 is 5.97 Å². The number of nitrogens with zero attached hydrogens (tertiary/aromatic N) is 3. The summed E-state index contributed by atoms with van der Waals surface area (Å²) in [5.41, 5.74) is 0.164. The molecule has 0 aliphatic heterocycles. The zero-order chi connectivity index (χ0) is 12.8. The molecule has 16 heavy (non-hydrogen) atoms. The first-order valence-corrected chi connectivity index (χ1v) is 3.56. The maximum absolute atomic E-state index is 10.7. The fourth-order valence-electron chi connectivity index (χ4n) is 0.455. The van der Waals surface area contributed by atoms with E-state index in [9.17, 15) is 4.79 Å². The Balaban J connectivity index is 0. The first-order chi connectivity index (χ1) is 7.67. The zero-order valence-corrected chi connectivity index (χ0v) is 8.18. The fraction of sp³-hybridized carbons (Fsp3) is 0.143. The molecule has 0 fully saturated rings. The predicted octanol–water partition coefficient (Wildman–Crippen LogP) is -0.940. The van der Waals surface area contributed by atoms with Crippen LogP contribution in [0.5, 0.6) is 0 Å². The van der Waals surface area contributed by atoms with Crippen LogP contribution in [0.2, 0.25) is 0 Å². The minimum Gasteiger partial charge on any atom is -0.483 e. The predicted molar refractivity (Wildman–Crippen MR) is 48.6 cm³/mol. The Morgan fingerprint density at radius 1 is 1.38 bits per heavy atom. The maximum atomic E-state index is 10.7. The van der Waals surface area contributed by atoms with Crippen LogP contribution in [0.15, 0.2) is 12.3 Å². The average molecular weight is 231 g/mol. The van der Waals surface area contributed by atoms with Crippen LogP contribution >= 0.6 is 0 Å². The van der Waals surface area contributed by atoms with Gasteiger partial charge in [-0.1, -0.05) is 0 Å². The van der Waals surface area contributed by atoms with Crippen molar-refractivity contribution < 1.29 is 29.3 Å². The smallest absolute Gasteiger partial charge is 0.358 e. The molecule has 0 bridgehead atoms. The van der Waals surface area contributed by atoms with Crippen LogP contribution in [0.25, 0.3) is 0 Å². The molecule has 0 aromatic carbocycles. The van der Waals surface area contributed by atoms with Gasteiger partial charge in [-0.25, -0.2) is 4.79 Å². The number of methoxy groups -OCH3 is 1. The highest BCUT2D eigenvalue weighted by molar-refractivity contribution is 5.86. The van der Waals surface area contributed by atoms with Gasteiger partial charge < -0.3 is 14.9 Å². The van der Waals surface area contributed by atoms with Gasteiger partial charge in [0.1, 0.15) is 0 Å². The van der Waals surface area contributed by atoms with E-state index in [0.29, 0.717) is 0 Å². The van der Waals surface area contributed by atoms with Crippen LogP contribution in [0.1, 0.15) is 10.5 Å². The molecular formula is C7H9N3O6. The van der Waals surface area contributed by atoms with Crippen LogP contribution in [-0.4, -0.2) is 51.6 Å². The molecule has 9 nitrogen and oxygen atoms in total. The van der Waals surface area contributed by atoms with Gasteiger partial charge in [0, 0.05) is 0 Å². The monoisotopic (exact) mass is 231 g/mol. The maximum Gasteiger partial charge on any atom is 0.358 e. The molecule has 0 unspecified atom stereocenters. The lowest BCUT2D eigenvalue weighted by Gasteiger charge is -1.92. The fourth-order valence-corrected chi connectivity index (χ4v) is 0.455. The molecule has 0 spiro atoms. The third-order valence-corrected chi connectivity index (χ3v) is 0.898. The quantitative estimate of drug-likeness (QED) is 0.462. The molecule has 0 saturated carbocycles. The van der Waals surface area contributed by atoms with E-state index in [1.54, 1.807) is 0 Å². The molecule has 9 heteroatoms. The molecule has 0 amide bonds. The number of ether oxygens (including phenoxy) is 1. The van der Waals surface area contributed by atoms with Gasteiger partial charge in [-0.15, -0.1) is 10.2 Å². The van der Waals surface area contributed by atoms with Gasteiger partial charge in [-0.05, 0) is 11.3 Å². The van der Waals surface area contributed by atoms with E-state index in [1.807, 2.05) is 0 Å². The summed E-state index contributed by atoms with van der Waals surface area (Å²) in [6.45, 7) is -0.500. The van der Waals surface area contributed by atoms with Gasteiger partial charge in [-0.3, -0.25) is 9.59 Å². The molecular weight excluding hydrogens is 222 g/mol. The largest absolute Gasteiger partial charge is 0.483 e. The van der Waals surface area contributed by atoms with Crippen molar-refractivity contribution in [1.29, 1.82) is 0 Å². The standard InChI is InChI=1S/C5H5N3O2.2CH2O2/c1-10-5(9)4-2-3-6-8-7-4;2*2-1-3/h2-3H,1H3;2*1H,(H,2,3). The second-order valence-corrected chi connectivity index (χ2v) is 1.71. The summed E-state index contributed by atoms with van der Waals surface area (Å²) >= 11 is 0. The van der Waals surface area contributed by atoms with Crippen LogP contribution in [-0.2, 0) is 14.3 Å². The molecule has 0 radical (unpaired) electrons. The second kappa shape index (κ2) is 12.4. The average Bonchev–Trinajstić information content (AvgIpc) is 2.31. The van der Waals surface area contributed by atoms with E-state index in [0.717, 1.165) is 0 Å². The van der Waals surface area contributed by atoms with Crippen LogP contribution < -0.4 is 0 Å². The summed E-state index contributed by atoms with van der Waals surface area (Å²) in [5.74, 6) is -0.505. The Bertz CT molecular complexity index is 298. The van der Waals surface area contributed by atoms with E-state index in [-0.39, 0.29) is 18.6 Å². The van der Waals surface area contributed by atoms with Crippen molar-refractivity contribution in [3.05, 3.63) is 18.0 Å². The first-order valence-electron chi connectivity index (χ1n) is 3.56. The number of carbonyl (C=O) groups excluding carboxylic acids is 1. The highest BCUT2D eigenvalue weighted by atomic mass is 16.5. The molecule has 1 aromatic heterocycles. The summed E-state index contributed by atoms with van der Waals surface area (Å²) in [6, 6.07) is 1.43. The van der Waals surface area contributed by atoms with Crippen molar-refractivity contribution in [3.8, 4) is 0 Å². The van der Waals surface area contributed by atoms with Crippen molar-refractivity contribution >= 4 is 18.9 Å². The normalized spacial score (nSPS) is 7.06. The van der Waals surface area contributed by atoms with Gasteiger partial charge in [0.05, 0.1) is 13.3 Å². The second-order valence-electron chi connectivity index (χ2n) is 1.71. The molecule has 2 N–H and O–H groups in total. The van der Waals surface area contributed by atoms with Crippen molar-refractivity contribution in [1.82, 2.24) is 15.4 Å². The lowest BCUT2D eigenvalue weighted by Crippen LogP contribution is -2.05. The molecule has 0 aliphatic carbocycles. The number of carboxylic acid groups (broad SMARTS) is 2. The molecule has 1 heterocycles. The van der Waals surface area contributed by atoms with Gasteiger partial charge in [0.15, 0.2) is 5.69 Å². The Morgan fingerprint density at radius 2 is 1.88 bits per heavy atom. The van der Waals surface area contributed by atoms with Gasteiger partial charge in [0.25, 0.3) is 12.9 Å². The number of hydrogen-bond acceptors (Lipinski definition) is 7. The van der Waals surface area contributed by atoms with Crippen molar-refractivity contribution in [2.45, 2.75) is 0 Å². The molecule has 88 valence electrons. The van der Waals surface area contributed by atoms with E-state index in [1.165, 1.54) is 19.4 Å². The third-order valence-electron chi connectivity index (χ3n) is 0.898. The first kappa shape index (κ1) is 15.9. The van der Waals surface area contributed by atoms with Crippen LogP contribution in [0.4, 0.5) is 0 Å². The molecule has 1 rings (SSSR count). The molecule has 0 saturated heterocycles. The number of rotatable bonds is 1. The topological polar surface area (TPSA) is 140 Å². The molecule has 0 atom stereocenters. The summed E-state index contributed by atoms with van der Waals surface area (Å²) in [6.07, 6.45) is 1.37. The Morgan fingerprint density at radius 3 is 2.19 bits per heavy atom. The van der Waals surface area contributed by atoms with Gasteiger partial charge in [-0.2, -0.15) is 0 Å². The van der Waals surface area contributed by atoms with E-state index >= 15 is 0 Å². The van der Waals surface area contributed by atoms with Crippen LogP contribution in [0, 0.1) is 0 Å². The van der Waals surface area contributed by atoms with Crippen molar-refractivity contribution in [2.75, 3.05) is 7.11 Å². The highest BCUT2D eigenvalue weighted by Crippen LogP contribution is 1.90. The number of hydrogen-bond donors (Lipinski definition) is 2. The Kier molecular flexibility index (Phi) is 12.3. The minimum atomic E-state index is -0.505. The lowest BCUT2D eigenvalue weighted by molar-refractivity contribution is -0.123. The summed E-state index contributed by atoms with van der Waals surface area (Å²) in [7, 11) is 1.28. The Labute approximate surface area is 89.7 Å². The van der Waals surface area contributed by atoms with Crippen molar-refractivity contribution in [2.24, 2.45) is 0 Å². The van der Waals surface area contributed by atoms with E-state index < -0.39 is 5.97 Å². The van der Waals surface area contributed by atoms with E-state index in [4.69, 9.17) is 19.8 Å². The summed E-state index contributed by atoms with van der Waals surface area (Å²) < 4.78 is 4.37. The molecule has 0 aliphatic rings. The highest BCUT2D eigenvalue weighted by Gasteiger charge is 2.04. The third kappa shape index (κ3) is 9.51. The Hall–Kier alpha value is -2.58. The van der Waals surface area contributed by atoms with Crippen molar-refractivity contribution in [3.63, 3.8) is 0 Å². The van der Waals surface area contributed by atoms with Gasteiger partial charge in [0.2, 0.25) is 0 Å². The zero-order valence-electron chi connectivity index (χ0n) is 8.18.